The number of hydrogen-bond donors (Lipinski definition) is 0. The highest BCUT2D eigenvalue weighted by molar-refractivity contribution is 5.78. The summed E-state index contributed by atoms with van der Waals surface area (Å²) < 4.78 is 10.8. The Morgan fingerprint density at radius 1 is 1.29 bits per heavy atom. The lowest BCUT2D eigenvalue weighted by molar-refractivity contribution is -0.134. The van der Waals surface area contributed by atoms with Crippen molar-refractivity contribution in [1.82, 2.24) is 25.0 Å². The van der Waals surface area contributed by atoms with Gasteiger partial charge < -0.3 is 14.2 Å². The molecule has 0 bridgehead atoms. The minimum Gasteiger partial charge on any atom is -0.482 e. The number of nitrogens with zero attached hydrogens (tertiary/aromatic N) is 5. The van der Waals surface area contributed by atoms with Crippen molar-refractivity contribution < 1.29 is 14.1 Å². The van der Waals surface area contributed by atoms with Crippen LogP contribution in [0.5, 0.6) is 5.75 Å². The second-order valence-corrected chi connectivity index (χ2v) is 6.75. The van der Waals surface area contributed by atoms with E-state index in [0.717, 1.165) is 29.8 Å². The Kier molecular flexibility index (Phi) is 5.01. The SMILES string of the molecule is Cc1noc(C)c1-c1cncc([C@@H]2CCCN2C(=O)COc2cccnc2)n1. The summed E-state index contributed by atoms with van der Waals surface area (Å²) in [6.07, 6.45) is 8.44. The molecular weight excluding hydrogens is 358 g/mol. The maximum atomic E-state index is 12.7. The Labute approximate surface area is 162 Å². The molecule has 3 aromatic rings. The number of rotatable bonds is 5. The van der Waals surface area contributed by atoms with Gasteiger partial charge in [-0.1, -0.05) is 5.16 Å². The predicted octanol–water partition coefficient (Wildman–Crippen LogP) is 2.89. The van der Waals surface area contributed by atoms with Crippen LogP contribution >= 0.6 is 0 Å². The molecule has 1 aliphatic rings. The van der Waals surface area contributed by atoms with E-state index in [9.17, 15) is 4.79 Å². The molecule has 0 radical (unpaired) electrons. The predicted molar refractivity (Wildman–Crippen MR) is 100 cm³/mol. The Morgan fingerprint density at radius 3 is 2.93 bits per heavy atom. The summed E-state index contributed by atoms with van der Waals surface area (Å²) in [7, 11) is 0. The number of aromatic nitrogens is 4. The van der Waals surface area contributed by atoms with E-state index in [0.29, 0.717) is 23.7 Å². The number of amides is 1. The van der Waals surface area contributed by atoms with Gasteiger partial charge in [0.1, 0.15) is 11.5 Å². The third-order valence-corrected chi connectivity index (χ3v) is 4.85. The van der Waals surface area contributed by atoms with E-state index >= 15 is 0 Å². The van der Waals surface area contributed by atoms with Gasteiger partial charge in [-0.05, 0) is 38.8 Å². The van der Waals surface area contributed by atoms with E-state index in [1.165, 1.54) is 0 Å². The molecule has 0 aromatic carbocycles. The number of likely N-dealkylation sites (tertiary alicyclic amines) is 1. The maximum Gasteiger partial charge on any atom is 0.261 e. The number of hydrogen-bond acceptors (Lipinski definition) is 7. The van der Waals surface area contributed by atoms with Gasteiger partial charge in [0.25, 0.3) is 5.91 Å². The Hall–Kier alpha value is -3.29. The first-order valence-electron chi connectivity index (χ1n) is 9.21. The highest BCUT2D eigenvalue weighted by atomic mass is 16.5. The normalized spacial score (nSPS) is 16.4. The van der Waals surface area contributed by atoms with Gasteiger partial charge >= 0.3 is 0 Å². The molecule has 1 atom stereocenters. The topological polar surface area (TPSA) is 94.2 Å². The average molecular weight is 379 g/mol. The second-order valence-electron chi connectivity index (χ2n) is 6.75. The van der Waals surface area contributed by atoms with Crippen LogP contribution in [0, 0.1) is 13.8 Å². The van der Waals surface area contributed by atoms with Crippen LogP contribution in [0.25, 0.3) is 11.3 Å². The molecule has 8 heteroatoms. The molecule has 3 aromatic heterocycles. The molecule has 144 valence electrons. The zero-order valence-corrected chi connectivity index (χ0v) is 15.8. The molecule has 28 heavy (non-hydrogen) atoms. The van der Waals surface area contributed by atoms with Gasteiger partial charge in [-0.2, -0.15) is 0 Å². The minimum atomic E-state index is -0.113. The fourth-order valence-electron chi connectivity index (χ4n) is 3.54. The van der Waals surface area contributed by atoms with Gasteiger partial charge in [0.15, 0.2) is 6.61 Å². The first-order valence-corrected chi connectivity index (χ1v) is 9.21. The zero-order valence-electron chi connectivity index (χ0n) is 15.8. The number of aryl methyl sites for hydroxylation is 2. The molecule has 0 saturated carbocycles. The first-order chi connectivity index (χ1) is 13.6. The molecule has 1 amide bonds. The molecular formula is C20H21N5O3. The van der Waals surface area contributed by atoms with Crippen LogP contribution in [0.15, 0.2) is 41.4 Å². The molecule has 0 aliphatic carbocycles. The highest BCUT2D eigenvalue weighted by Gasteiger charge is 2.31. The third-order valence-electron chi connectivity index (χ3n) is 4.85. The Morgan fingerprint density at radius 2 is 2.18 bits per heavy atom. The highest BCUT2D eigenvalue weighted by Crippen LogP contribution is 2.32. The molecule has 0 unspecified atom stereocenters. The summed E-state index contributed by atoms with van der Waals surface area (Å²) in [4.78, 5) is 27.6. The average Bonchev–Trinajstić information content (AvgIpc) is 3.34. The quantitative estimate of drug-likeness (QED) is 0.673. The van der Waals surface area contributed by atoms with E-state index in [2.05, 4.69) is 15.1 Å². The Balaban J connectivity index is 1.52. The number of carbonyl (C=O) groups excluding carboxylic acids is 1. The summed E-state index contributed by atoms with van der Waals surface area (Å²) in [5.74, 6) is 1.20. The van der Waals surface area contributed by atoms with Gasteiger partial charge in [0.05, 0.1) is 47.3 Å². The van der Waals surface area contributed by atoms with E-state index in [4.69, 9.17) is 14.2 Å². The van der Waals surface area contributed by atoms with Gasteiger partial charge in [0, 0.05) is 12.7 Å². The van der Waals surface area contributed by atoms with Crippen molar-refractivity contribution in [3.05, 3.63) is 54.1 Å². The molecule has 1 saturated heterocycles. The molecule has 8 nitrogen and oxygen atoms in total. The summed E-state index contributed by atoms with van der Waals surface area (Å²) in [6, 6.07) is 3.44. The summed E-state index contributed by atoms with van der Waals surface area (Å²) in [5.41, 5.74) is 3.10. The molecule has 0 N–H and O–H groups in total. The van der Waals surface area contributed by atoms with Crippen LogP contribution in [0.2, 0.25) is 0 Å². The van der Waals surface area contributed by atoms with Crippen LogP contribution in [-0.2, 0) is 4.79 Å². The van der Waals surface area contributed by atoms with Crippen molar-refractivity contribution in [3.8, 4) is 17.0 Å². The molecule has 4 heterocycles. The van der Waals surface area contributed by atoms with Crippen LogP contribution in [-0.4, -0.2) is 44.1 Å². The van der Waals surface area contributed by atoms with Gasteiger partial charge in [-0.3, -0.25) is 14.8 Å². The lowest BCUT2D eigenvalue weighted by Gasteiger charge is -2.24. The van der Waals surface area contributed by atoms with Crippen LogP contribution < -0.4 is 4.74 Å². The van der Waals surface area contributed by atoms with Crippen molar-refractivity contribution in [2.24, 2.45) is 0 Å². The van der Waals surface area contributed by atoms with Crippen molar-refractivity contribution in [1.29, 1.82) is 0 Å². The fraction of sp³-hybridized carbons (Fsp3) is 0.350. The van der Waals surface area contributed by atoms with Crippen molar-refractivity contribution in [2.75, 3.05) is 13.2 Å². The third kappa shape index (κ3) is 3.58. The number of pyridine rings is 1. The summed E-state index contributed by atoms with van der Waals surface area (Å²) in [6.45, 7) is 4.38. The monoisotopic (exact) mass is 379 g/mol. The van der Waals surface area contributed by atoms with Gasteiger partial charge in [-0.15, -0.1) is 0 Å². The first kappa shape index (κ1) is 18.1. The largest absolute Gasteiger partial charge is 0.482 e. The van der Waals surface area contributed by atoms with Crippen molar-refractivity contribution >= 4 is 5.91 Å². The molecule has 1 fully saturated rings. The van der Waals surface area contributed by atoms with Gasteiger partial charge in [0.2, 0.25) is 0 Å². The van der Waals surface area contributed by atoms with Crippen LogP contribution in [0.4, 0.5) is 0 Å². The summed E-state index contributed by atoms with van der Waals surface area (Å²) >= 11 is 0. The van der Waals surface area contributed by atoms with Crippen molar-refractivity contribution in [2.45, 2.75) is 32.7 Å². The van der Waals surface area contributed by atoms with E-state index in [1.807, 2.05) is 18.7 Å². The van der Waals surface area contributed by atoms with Gasteiger partial charge in [-0.25, -0.2) is 4.98 Å². The van der Waals surface area contributed by atoms with E-state index < -0.39 is 0 Å². The fourth-order valence-corrected chi connectivity index (χ4v) is 3.54. The van der Waals surface area contributed by atoms with E-state index in [-0.39, 0.29) is 18.6 Å². The number of carbonyl (C=O) groups is 1. The zero-order chi connectivity index (χ0) is 19.5. The maximum absolute atomic E-state index is 12.7. The van der Waals surface area contributed by atoms with E-state index in [1.54, 1.807) is 36.9 Å². The lowest BCUT2D eigenvalue weighted by Crippen LogP contribution is -2.34. The second kappa shape index (κ2) is 7.75. The molecule has 0 spiro atoms. The molecule has 1 aliphatic heterocycles. The standard InChI is InChI=1S/C20H21N5O3/c1-13-20(14(2)28-24-13)17-11-22-10-16(23-17)18-6-4-8-25(18)19(26)12-27-15-5-3-7-21-9-15/h3,5,7,9-11,18H,4,6,8,12H2,1-2H3/t18-/m0/s1. The van der Waals surface area contributed by atoms with Crippen molar-refractivity contribution in [3.63, 3.8) is 0 Å². The van der Waals surface area contributed by atoms with Crippen LogP contribution in [0.3, 0.4) is 0 Å². The van der Waals surface area contributed by atoms with Crippen LogP contribution in [0.1, 0.15) is 36.0 Å². The molecule has 4 rings (SSSR count). The smallest absolute Gasteiger partial charge is 0.261 e. The summed E-state index contributed by atoms with van der Waals surface area (Å²) in [5, 5.41) is 3.99. The number of ether oxygens (including phenoxy) is 1. The Bertz CT molecular complexity index is 953. The lowest BCUT2D eigenvalue weighted by atomic mass is 10.1. The minimum absolute atomic E-state index is 0.0286.